The number of thiol groups is 1. The Kier molecular flexibility index (Phi) is 8.76. The zero-order valence-electron chi connectivity index (χ0n) is 10.8. The molecule has 1 unspecified atom stereocenters. The first-order valence-electron chi connectivity index (χ1n) is 6.02. The number of rotatable bonds is 8. The lowest BCUT2D eigenvalue weighted by Gasteiger charge is -2.14. The SMILES string of the molecule is CC(C)OCCCCNC(=O)C(S)C(C)C. The van der Waals surface area contributed by atoms with E-state index in [9.17, 15) is 4.79 Å². The molecule has 0 aliphatic heterocycles. The second-order valence-corrected chi connectivity index (χ2v) is 5.16. The fourth-order valence-corrected chi connectivity index (χ4v) is 1.26. The molecule has 0 rings (SSSR count). The summed E-state index contributed by atoms with van der Waals surface area (Å²) in [7, 11) is 0. The summed E-state index contributed by atoms with van der Waals surface area (Å²) in [6.45, 7) is 9.51. The number of amides is 1. The highest BCUT2D eigenvalue weighted by molar-refractivity contribution is 7.81. The average molecular weight is 247 g/mol. The number of nitrogens with one attached hydrogen (secondary N) is 1. The van der Waals surface area contributed by atoms with Crippen LogP contribution in [0, 0.1) is 5.92 Å². The van der Waals surface area contributed by atoms with Gasteiger partial charge in [-0.3, -0.25) is 4.79 Å². The first-order valence-corrected chi connectivity index (χ1v) is 6.54. The van der Waals surface area contributed by atoms with Gasteiger partial charge in [-0.1, -0.05) is 13.8 Å². The Hall–Kier alpha value is -0.220. The molecule has 0 heterocycles. The van der Waals surface area contributed by atoms with E-state index in [1.807, 2.05) is 27.7 Å². The lowest BCUT2D eigenvalue weighted by molar-refractivity contribution is -0.121. The fourth-order valence-electron chi connectivity index (χ4n) is 1.17. The van der Waals surface area contributed by atoms with Crippen molar-refractivity contribution in [3.05, 3.63) is 0 Å². The lowest BCUT2D eigenvalue weighted by Crippen LogP contribution is -2.35. The molecule has 4 heteroatoms. The van der Waals surface area contributed by atoms with Crippen molar-refractivity contribution in [2.24, 2.45) is 5.92 Å². The molecule has 0 aromatic heterocycles. The van der Waals surface area contributed by atoms with Crippen LogP contribution in [0.5, 0.6) is 0 Å². The maximum absolute atomic E-state index is 11.5. The van der Waals surface area contributed by atoms with Gasteiger partial charge < -0.3 is 10.1 Å². The average Bonchev–Trinajstić information content (AvgIpc) is 2.21. The Morgan fingerprint density at radius 1 is 1.25 bits per heavy atom. The number of carbonyl (C=O) groups is 1. The van der Waals surface area contributed by atoms with Gasteiger partial charge in [0.15, 0.2) is 0 Å². The van der Waals surface area contributed by atoms with Crippen molar-refractivity contribution in [3.8, 4) is 0 Å². The Bertz CT molecular complexity index is 195. The molecule has 0 aromatic carbocycles. The first-order chi connectivity index (χ1) is 7.45. The molecule has 16 heavy (non-hydrogen) atoms. The molecule has 1 atom stereocenters. The van der Waals surface area contributed by atoms with Crippen LogP contribution >= 0.6 is 12.6 Å². The van der Waals surface area contributed by atoms with Gasteiger partial charge in [-0.05, 0) is 32.6 Å². The molecule has 0 aliphatic carbocycles. The van der Waals surface area contributed by atoms with Crippen LogP contribution in [0.4, 0.5) is 0 Å². The van der Waals surface area contributed by atoms with Crippen molar-refractivity contribution < 1.29 is 9.53 Å². The van der Waals surface area contributed by atoms with Crippen LogP contribution in [0.3, 0.4) is 0 Å². The molecule has 0 bridgehead atoms. The molecule has 1 amide bonds. The van der Waals surface area contributed by atoms with Gasteiger partial charge in [-0.2, -0.15) is 12.6 Å². The Morgan fingerprint density at radius 3 is 2.38 bits per heavy atom. The summed E-state index contributed by atoms with van der Waals surface area (Å²) in [5, 5.41) is 2.68. The van der Waals surface area contributed by atoms with Crippen LogP contribution in [0.15, 0.2) is 0 Å². The lowest BCUT2D eigenvalue weighted by atomic mass is 10.1. The maximum atomic E-state index is 11.5. The summed E-state index contributed by atoms with van der Waals surface area (Å²) in [5.74, 6) is 0.302. The Labute approximate surface area is 105 Å². The first kappa shape index (κ1) is 15.8. The van der Waals surface area contributed by atoms with Crippen LogP contribution in [0.1, 0.15) is 40.5 Å². The standard InChI is InChI=1S/C12H25NO2S/c1-9(2)11(16)12(14)13-7-5-6-8-15-10(3)4/h9-11,16H,5-8H2,1-4H3,(H,13,14). The monoisotopic (exact) mass is 247 g/mol. The summed E-state index contributed by atoms with van der Waals surface area (Å²) in [4.78, 5) is 11.5. The zero-order valence-corrected chi connectivity index (χ0v) is 11.7. The third kappa shape index (κ3) is 7.99. The third-order valence-corrected chi connectivity index (χ3v) is 3.05. The number of hydrogen-bond donors (Lipinski definition) is 2. The van der Waals surface area contributed by atoms with Gasteiger partial charge in [0, 0.05) is 13.2 Å². The van der Waals surface area contributed by atoms with Gasteiger partial charge in [0.1, 0.15) is 0 Å². The molecular weight excluding hydrogens is 222 g/mol. The van der Waals surface area contributed by atoms with Gasteiger partial charge in [0.25, 0.3) is 0 Å². The highest BCUT2D eigenvalue weighted by atomic mass is 32.1. The van der Waals surface area contributed by atoms with Gasteiger partial charge in [-0.15, -0.1) is 0 Å². The minimum atomic E-state index is -0.202. The minimum Gasteiger partial charge on any atom is -0.379 e. The van der Waals surface area contributed by atoms with Crippen LogP contribution < -0.4 is 5.32 Å². The van der Waals surface area contributed by atoms with E-state index >= 15 is 0 Å². The third-order valence-electron chi connectivity index (χ3n) is 2.22. The van der Waals surface area contributed by atoms with E-state index in [1.165, 1.54) is 0 Å². The van der Waals surface area contributed by atoms with Crippen molar-refractivity contribution in [2.75, 3.05) is 13.2 Å². The molecule has 0 saturated heterocycles. The maximum Gasteiger partial charge on any atom is 0.233 e. The van der Waals surface area contributed by atoms with E-state index in [4.69, 9.17) is 4.74 Å². The zero-order chi connectivity index (χ0) is 12.6. The van der Waals surface area contributed by atoms with Gasteiger partial charge in [0.05, 0.1) is 11.4 Å². The Morgan fingerprint density at radius 2 is 1.88 bits per heavy atom. The van der Waals surface area contributed by atoms with Crippen LogP contribution in [0.25, 0.3) is 0 Å². The highest BCUT2D eigenvalue weighted by Gasteiger charge is 2.16. The molecule has 0 spiro atoms. The van der Waals surface area contributed by atoms with Crippen molar-refractivity contribution in [3.63, 3.8) is 0 Å². The second-order valence-electron chi connectivity index (χ2n) is 4.61. The second kappa shape index (κ2) is 8.88. The predicted molar refractivity (Wildman–Crippen MR) is 70.9 cm³/mol. The number of hydrogen-bond acceptors (Lipinski definition) is 3. The van der Waals surface area contributed by atoms with Crippen molar-refractivity contribution in [2.45, 2.75) is 51.9 Å². The summed E-state index contributed by atoms with van der Waals surface area (Å²) in [5.41, 5.74) is 0. The molecule has 0 saturated carbocycles. The molecular formula is C12H25NO2S. The normalized spacial score (nSPS) is 13.2. The summed E-state index contributed by atoms with van der Waals surface area (Å²) in [6, 6.07) is 0. The molecule has 3 nitrogen and oxygen atoms in total. The number of unbranched alkanes of at least 4 members (excludes halogenated alkanes) is 1. The van der Waals surface area contributed by atoms with Crippen LogP contribution in [0.2, 0.25) is 0 Å². The highest BCUT2D eigenvalue weighted by Crippen LogP contribution is 2.08. The van der Waals surface area contributed by atoms with Gasteiger partial charge in [0.2, 0.25) is 5.91 Å². The molecule has 96 valence electrons. The van der Waals surface area contributed by atoms with E-state index in [-0.39, 0.29) is 23.2 Å². The topological polar surface area (TPSA) is 38.3 Å². The van der Waals surface area contributed by atoms with Gasteiger partial charge >= 0.3 is 0 Å². The van der Waals surface area contributed by atoms with E-state index in [0.29, 0.717) is 6.54 Å². The molecule has 0 fully saturated rings. The summed E-state index contributed by atoms with van der Waals surface area (Å²) >= 11 is 4.25. The fraction of sp³-hybridized carbons (Fsp3) is 0.917. The van der Waals surface area contributed by atoms with Crippen molar-refractivity contribution in [1.29, 1.82) is 0 Å². The molecule has 0 aromatic rings. The van der Waals surface area contributed by atoms with E-state index in [1.54, 1.807) is 0 Å². The van der Waals surface area contributed by atoms with Gasteiger partial charge in [-0.25, -0.2) is 0 Å². The molecule has 1 N–H and O–H groups in total. The predicted octanol–water partition coefficient (Wildman–Crippen LogP) is 2.26. The number of carbonyl (C=O) groups excluding carboxylic acids is 1. The molecule has 0 radical (unpaired) electrons. The van der Waals surface area contributed by atoms with E-state index in [2.05, 4.69) is 17.9 Å². The largest absolute Gasteiger partial charge is 0.379 e. The van der Waals surface area contributed by atoms with E-state index in [0.717, 1.165) is 19.4 Å². The van der Waals surface area contributed by atoms with Crippen LogP contribution in [-0.2, 0) is 9.53 Å². The molecule has 0 aliphatic rings. The number of ether oxygens (including phenoxy) is 1. The summed E-state index contributed by atoms with van der Waals surface area (Å²) < 4.78 is 5.41. The van der Waals surface area contributed by atoms with Crippen molar-refractivity contribution >= 4 is 18.5 Å². The van der Waals surface area contributed by atoms with Crippen molar-refractivity contribution in [1.82, 2.24) is 5.32 Å². The van der Waals surface area contributed by atoms with Crippen LogP contribution in [-0.4, -0.2) is 30.4 Å². The summed E-state index contributed by atoms with van der Waals surface area (Å²) in [6.07, 6.45) is 2.23. The quantitative estimate of drug-likeness (QED) is 0.510. The Balaban J connectivity index is 3.41. The smallest absolute Gasteiger partial charge is 0.233 e. The minimum absolute atomic E-state index is 0.0307. The van der Waals surface area contributed by atoms with E-state index < -0.39 is 0 Å².